The average Bonchev–Trinajstić information content (AvgIpc) is 3.42. The van der Waals surface area contributed by atoms with Crippen LogP contribution in [0, 0.1) is 11.7 Å². The minimum atomic E-state index is -1.09. The molecule has 0 spiro atoms. The molecule has 1 amide bonds. The lowest BCUT2D eigenvalue weighted by Gasteiger charge is -2.33. The molecule has 174 valence electrons. The molecule has 33 heavy (non-hydrogen) atoms. The number of piperidine rings is 1. The molecule has 5 rings (SSSR count). The van der Waals surface area contributed by atoms with E-state index in [9.17, 15) is 13.6 Å². The van der Waals surface area contributed by atoms with Crippen molar-refractivity contribution in [3.05, 3.63) is 36.1 Å². The first-order valence-corrected chi connectivity index (χ1v) is 11.0. The van der Waals surface area contributed by atoms with Crippen LogP contribution in [0.4, 0.5) is 14.5 Å². The van der Waals surface area contributed by atoms with Gasteiger partial charge in [-0.15, -0.1) is 0 Å². The third kappa shape index (κ3) is 4.32. The number of nitrogens with one attached hydrogen (secondary N) is 2. The normalized spacial score (nSPS) is 21.3. The molecule has 1 aliphatic heterocycles. The quantitative estimate of drug-likeness (QED) is 0.563. The Morgan fingerprint density at radius 1 is 1.36 bits per heavy atom. The molecule has 0 bridgehead atoms. The van der Waals surface area contributed by atoms with Gasteiger partial charge >= 0.3 is 0 Å². The van der Waals surface area contributed by atoms with Crippen LogP contribution >= 0.6 is 0 Å². The maximum absolute atomic E-state index is 14.6. The number of nitrogens with zero attached hydrogens (tertiary/aromatic N) is 5. The van der Waals surface area contributed by atoms with Crippen molar-refractivity contribution in [1.29, 1.82) is 0 Å². The number of carbonyl (C=O) groups excluding carboxylic acids is 1. The van der Waals surface area contributed by atoms with E-state index in [1.165, 1.54) is 22.9 Å². The fourth-order valence-electron chi connectivity index (χ4n) is 4.10. The van der Waals surface area contributed by atoms with Crippen molar-refractivity contribution in [1.82, 2.24) is 30.1 Å². The number of amides is 1. The number of likely N-dealkylation sites (tertiary alicyclic amines) is 1. The predicted octanol–water partition coefficient (Wildman–Crippen LogP) is 2.67. The number of anilines is 1. The Hall–Kier alpha value is -3.34. The van der Waals surface area contributed by atoms with Crippen molar-refractivity contribution in [2.45, 2.75) is 38.0 Å². The summed E-state index contributed by atoms with van der Waals surface area (Å²) in [5.41, 5.74) is 1.32. The van der Waals surface area contributed by atoms with Crippen molar-refractivity contribution in [2.75, 3.05) is 25.5 Å². The lowest BCUT2D eigenvalue weighted by atomic mass is 10.0. The van der Waals surface area contributed by atoms with Gasteiger partial charge in [-0.2, -0.15) is 14.8 Å². The maximum atomic E-state index is 14.6. The summed E-state index contributed by atoms with van der Waals surface area (Å²) in [5, 5.41) is 14.9. The molecule has 3 heterocycles. The number of hydrogen-bond acceptors (Lipinski definition) is 7. The highest BCUT2D eigenvalue weighted by Crippen LogP contribution is 2.31. The molecule has 1 aromatic carbocycles. The second-order valence-electron chi connectivity index (χ2n) is 8.65. The predicted molar refractivity (Wildman–Crippen MR) is 118 cm³/mol. The first kappa shape index (κ1) is 21.5. The summed E-state index contributed by atoms with van der Waals surface area (Å²) >= 11 is 0. The van der Waals surface area contributed by atoms with Crippen LogP contribution in [0.2, 0.25) is 0 Å². The van der Waals surface area contributed by atoms with E-state index in [1.54, 1.807) is 0 Å². The van der Waals surface area contributed by atoms with Gasteiger partial charge in [0.2, 0.25) is 11.8 Å². The van der Waals surface area contributed by atoms with E-state index in [4.69, 9.17) is 4.52 Å². The van der Waals surface area contributed by atoms with Gasteiger partial charge in [0.25, 0.3) is 5.95 Å². The Morgan fingerprint density at radius 3 is 2.91 bits per heavy atom. The summed E-state index contributed by atoms with van der Waals surface area (Å²) in [4.78, 5) is 18.1. The van der Waals surface area contributed by atoms with Gasteiger partial charge < -0.3 is 20.1 Å². The molecule has 2 fully saturated rings. The lowest BCUT2D eigenvalue weighted by Crippen LogP contribution is -2.46. The van der Waals surface area contributed by atoms with Crippen LogP contribution < -0.4 is 10.6 Å². The van der Waals surface area contributed by atoms with Gasteiger partial charge in [-0.05, 0) is 49.7 Å². The molecule has 3 aromatic rings. The summed E-state index contributed by atoms with van der Waals surface area (Å²) < 4.78 is 35.7. The molecular formula is C22H25F2N7O2. The summed E-state index contributed by atoms with van der Waals surface area (Å²) in [5.74, 6) is -0.0776. The highest BCUT2D eigenvalue weighted by molar-refractivity contribution is 5.96. The van der Waals surface area contributed by atoms with E-state index in [-0.39, 0.29) is 30.2 Å². The molecule has 2 atom stereocenters. The molecular weight excluding hydrogens is 432 g/mol. The summed E-state index contributed by atoms with van der Waals surface area (Å²) in [7, 11) is 1.87. The average molecular weight is 457 g/mol. The van der Waals surface area contributed by atoms with E-state index in [0.717, 1.165) is 19.4 Å². The van der Waals surface area contributed by atoms with Crippen LogP contribution in [0.1, 0.15) is 30.8 Å². The second kappa shape index (κ2) is 8.54. The van der Waals surface area contributed by atoms with Crippen LogP contribution in [0.5, 0.6) is 0 Å². The number of benzene rings is 1. The SMILES string of the molecule is C=Cc1c2cc(F)cc(N[C@@H]3CCN(C)C[C@@H]3F)c2nn1-c1noc(CNC(=O)C2CC2)n1. The number of alkyl halides is 1. The van der Waals surface area contributed by atoms with Gasteiger partial charge in [-0.3, -0.25) is 4.79 Å². The number of aromatic nitrogens is 4. The van der Waals surface area contributed by atoms with Crippen molar-refractivity contribution < 1.29 is 18.1 Å². The van der Waals surface area contributed by atoms with E-state index < -0.39 is 18.0 Å². The van der Waals surface area contributed by atoms with Crippen LogP contribution in [-0.2, 0) is 11.3 Å². The molecule has 0 radical (unpaired) electrons. The number of hydrogen-bond donors (Lipinski definition) is 2. The highest BCUT2D eigenvalue weighted by Gasteiger charge is 2.30. The summed E-state index contributed by atoms with van der Waals surface area (Å²) in [6.07, 6.45) is 2.82. The van der Waals surface area contributed by atoms with E-state index in [1.807, 2.05) is 11.9 Å². The van der Waals surface area contributed by atoms with E-state index >= 15 is 0 Å². The molecule has 11 heteroatoms. The molecule has 1 aliphatic carbocycles. The van der Waals surface area contributed by atoms with E-state index in [0.29, 0.717) is 35.2 Å². The Bertz CT molecular complexity index is 1200. The zero-order valence-corrected chi connectivity index (χ0v) is 18.2. The van der Waals surface area contributed by atoms with E-state index in [2.05, 4.69) is 32.5 Å². The Kier molecular flexibility index (Phi) is 5.57. The van der Waals surface area contributed by atoms with Crippen LogP contribution in [0.3, 0.4) is 0 Å². The van der Waals surface area contributed by atoms with Gasteiger partial charge in [0.1, 0.15) is 17.5 Å². The molecule has 1 saturated carbocycles. The smallest absolute Gasteiger partial charge is 0.291 e. The van der Waals surface area contributed by atoms with Crippen molar-refractivity contribution in [3.63, 3.8) is 0 Å². The van der Waals surface area contributed by atoms with Gasteiger partial charge in [0, 0.05) is 24.4 Å². The first-order valence-electron chi connectivity index (χ1n) is 11.0. The molecule has 1 saturated heterocycles. The molecule has 2 aromatic heterocycles. The van der Waals surface area contributed by atoms with Crippen LogP contribution in [0.25, 0.3) is 22.9 Å². The Labute approximate surface area is 188 Å². The third-order valence-electron chi connectivity index (χ3n) is 6.07. The number of carbonyl (C=O) groups is 1. The fraction of sp³-hybridized carbons (Fsp3) is 0.455. The Morgan fingerprint density at radius 2 is 2.18 bits per heavy atom. The molecule has 0 unspecified atom stereocenters. The zero-order chi connectivity index (χ0) is 23.1. The van der Waals surface area contributed by atoms with Crippen LogP contribution in [0.15, 0.2) is 23.2 Å². The van der Waals surface area contributed by atoms with Crippen molar-refractivity contribution in [3.8, 4) is 5.95 Å². The number of rotatable bonds is 7. The lowest BCUT2D eigenvalue weighted by molar-refractivity contribution is -0.122. The number of halogens is 2. The summed E-state index contributed by atoms with van der Waals surface area (Å²) in [6.45, 7) is 4.98. The minimum Gasteiger partial charge on any atom is -0.377 e. The first-order chi connectivity index (χ1) is 15.9. The van der Waals surface area contributed by atoms with Gasteiger partial charge in [-0.25, -0.2) is 8.78 Å². The van der Waals surface area contributed by atoms with Crippen LogP contribution in [-0.4, -0.2) is 63.1 Å². The topological polar surface area (TPSA) is 101 Å². The maximum Gasteiger partial charge on any atom is 0.291 e. The monoisotopic (exact) mass is 457 g/mol. The van der Waals surface area contributed by atoms with Gasteiger partial charge in [0.05, 0.1) is 24.0 Å². The molecule has 9 nitrogen and oxygen atoms in total. The molecule has 2 aliphatic rings. The fourth-order valence-corrected chi connectivity index (χ4v) is 4.10. The van der Waals surface area contributed by atoms with Crippen molar-refractivity contribution in [2.24, 2.45) is 5.92 Å². The number of fused-ring (bicyclic) bond motifs is 1. The largest absolute Gasteiger partial charge is 0.377 e. The highest BCUT2D eigenvalue weighted by atomic mass is 19.1. The Balaban J connectivity index is 1.44. The summed E-state index contributed by atoms with van der Waals surface area (Å²) in [6, 6.07) is 2.21. The van der Waals surface area contributed by atoms with Gasteiger partial charge in [-0.1, -0.05) is 6.58 Å². The molecule has 2 N–H and O–H groups in total. The van der Waals surface area contributed by atoms with Gasteiger partial charge in [0.15, 0.2) is 0 Å². The second-order valence-corrected chi connectivity index (χ2v) is 8.65. The minimum absolute atomic E-state index is 0.0300. The third-order valence-corrected chi connectivity index (χ3v) is 6.07. The van der Waals surface area contributed by atoms with Crippen molar-refractivity contribution >= 4 is 28.6 Å². The zero-order valence-electron chi connectivity index (χ0n) is 18.2. The standard InChI is InChI=1S/C22H25F2N7O2/c1-3-18-14-8-13(23)9-17(26-16-6-7-30(2)11-15(16)24)20(14)28-31(18)22-27-19(33-29-22)10-25-21(32)12-4-5-12/h3,8-9,12,15-16,26H,1,4-7,10-11H2,2H3,(H,25,32)/t15-,16+/m0/s1.